The number of rotatable bonds is 2. The number of nitrogen functional groups attached to an aromatic ring is 1. The van der Waals surface area contributed by atoms with Gasteiger partial charge in [-0.3, -0.25) is 4.79 Å². The van der Waals surface area contributed by atoms with E-state index in [1.54, 1.807) is 13.1 Å². The summed E-state index contributed by atoms with van der Waals surface area (Å²) in [5.41, 5.74) is 8.46. The highest BCUT2D eigenvalue weighted by Crippen LogP contribution is 2.27. The van der Waals surface area contributed by atoms with Crippen LogP contribution >= 0.6 is 0 Å². The minimum Gasteiger partial charge on any atom is -0.397 e. The first kappa shape index (κ1) is 14.7. The number of nitrogens with two attached hydrogens (primary N) is 1. The first-order valence-electron chi connectivity index (χ1n) is 7.09. The molecule has 1 aromatic carbocycles. The Labute approximate surface area is 120 Å². The number of amides is 1. The van der Waals surface area contributed by atoms with E-state index >= 15 is 0 Å². The Hall–Kier alpha value is -1.75. The Morgan fingerprint density at radius 1 is 1.40 bits per heavy atom. The fourth-order valence-corrected chi connectivity index (χ4v) is 2.83. The second kappa shape index (κ2) is 6.13. The van der Waals surface area contributed by atoms with Crippen LogP contribution in [-0.2, 0) is 0 Å². The van der Waals surface area contributed by atoms with Crippen molar-refractivity contribution < 1.29 is 4.79 Å². The van der Waals surface area contributed by atoms with Crippen LogP contribution in [0.5, 0.6) is 0 Å². The summed E-state index contributed by atoms with van der Waals surface area (Å²) < 4.78 is 0. The second-order valence-electron chi connectivity index (χ2n) is 5.51. The minimum absolute atomic E-state index is 0.105. The molecule has 5 nitrogen and oxygen atoms in total. The molecule has 1 fully saturated rings. The third kappa shape index (κ3) is 3.04. The van der Waals surface area contributed by atoms with Crippen LogP contribution in [0.1, 0.15) is 23.7 Å². The van der Waals surface area contributed by atoms with Crippen LogP contribution < -0.4 is 16.0 Å². The number of carbonyl (C=O) groups excluding carboxylic acids is 1. The topological polar surface area (TPSA) is 61.6 Å². The van der Waals surface area contributed by atoms with Crippen LogP contribution in [0.3, 0.4) is 0 Å². The number of hydrogen-bond acceptors (Lipinski definition) is 4. The molecular formula is C15H24N4O. The molecule has 1 saturated heterocycles. The van der Waals surface area contributed by atoms with E-state index in [1.807, 2.05) is 12.1 Å². The Morgan fingerprint density at radius 3 is 2.80 bits per heavy atom. The smallest absolute Gasteiger partial charge is 0.251 e. The van der Waals surface area contributed by atoms with E-state index in [9.17, 15) is 4.79 Å². The van der Waals surface area contributed by atoms with E-state index in [2.05, 4.69) is 29.1 Å². The van der Waals surface area contributed by atoms with Crippen LogP contribution in [0.25, 0.3) is 0 Å². The van der Waals surface area contributed by atoms with Gasteiger partial charge in [0.1, 0.15) is 0 Å². The summed E-state index contributed by atoms with van der Waals surface area (Å²) >= 11 is 0. The molecule has 0 aromatic heterocycles. The van der Waals surface area contributed by atoms with Gasteiger partial charge in [0.15, 0.2) is 0 Å². The van der Waals surface area contributed by atoms with Gasteiger partial charge >= 0.3 is 0 Å². The maximum Gasteiger partial charge on any atom is 0.251 e. The quantitative estimate of drug-likeness (QED) is 0.796. The predicted octanol–water partition coefficient (Wildman–Crippen LogP) is 1.16. The molecule has 1 atom stereocenters. The lowest BCUT2D eigenvalue weighted by Gasteiger charge is -2.31. The van der Waals surface area contributed by atoms with Crippen LogP contribution in [0.15, 0.2) is 18.2 Å². The summed E-state index contributed by atoms with van der Waals surface area (Å²) in [7, 11) is 3.77. The highest BCUT2D eigenvalue weighted by Gasteiger charge is 2.21. The van der Waals surface area contributed by atoms with Crippen molar-refractivity contribution in [2.24, 2.45) is 0 Å². The van der Waals surface area contributed by atoms with E-state index in [4.69, 9.17) is 5.73 Å². The highest BCUT2D eigenvalue weighted by atomic mass is 16.1. The lowest BCUT2D eigenvalue weighted by molar-refractivity contribution is 0.0963. The third-order valence-electron chi connectivity index (χ3n) is 3.87. The molecule has 1 amide bonds. The second-order valence-corrected chi connectivity index (χ2v) is 5.51. The van der Waals surface area contributed by atoms with Gasteiger partial charge in [0.25, 0.3) is 5.91 Å². The van der Waals surface area contributed by atoms with Crippen LogP contribution in [-0.4, -0.2) is 50.6 Å². The van der Waals surface area contributed by atoms with Gasteiger partial charge in [-0.15, -0.1) is 0 Å². The van der Waals surface area contributed by atoms with Gasteiger partial charge in [0.05, 0.1) is 11.4 Å². The van der Waals surface area contributed by atoms with Gasteiger partial charge in [-0.25, -0.2) is 0 Å². The maximum absolute atomic E-state index is 11.6. The lowest BCUT2D eigenvalue weighted by Crippen LogP contribution is -2.38. The Bertz CT molecular complexity index is 489. The highest BCUT2D eigenvalue weighted by molar-refractivity contribution is 5.96. The molecule has 1 aliphatic heterocycles. The van der Waals surface area contributed by atoms with Crippen molar-refractivity contribution in [1.29, 1.82) is 0 Å². The molecule has 1 unspecified atom stereocenters. The van der Waals surface area contributed by atoms with E-state index < -0.39 is 0 Å². The molecule has 0 radical (unpaired) electrons. The van der Waals surface area contributed by atoms with Crippen molar-refractivity contribution in [3.8, 4) is 0 Å². The first-order valence-corrected chi connectivity index (χ1v) is 7.09. The molecule has 20 heavy (non-hydrogen) atoms. The number of carbonyl (C=O) groups is 1. The van der Waals surface area contributed by atoms with Crippen molar-refractivity contribution in [2.45, 2.75) is 19.4 Å². The third-order valence-corrected chi connectivity index (χ3v) is 3.87. The normalized spacial score (nSPS) is 20.6. The first-order chi connectivity index (χ1) is 9.52. The predicted molar refractivity (Wildman–Crippen MR) is 83.2 cm³/mol. The molecule has 5 heteroatoms. The van der Waals surface area contributed by atoms with Crippen molar-refractivity contribution in [3.05, 3.63) is 23.8 Å². The van der Waals surface area contributed by atoms with E-state index in [0.717, 1.165) is 31.7 Å². The van der Waals surface area contributed by atoms with Gasteiger partial charge in [-0.1, -0.05) is 0 Å². The lowest BCUT2D eigenvalue weighted by atomic mass is 10.1. The van der Waals surface area contributed by atoms with Crippen molar-refractivity contribution in [1.82, 2.24) is 10.2 Å². The zero-order valence-electron chi connectivity index (χ0n) is 12.5. The van der Waals surface area contributed by atoms with Gasteiger partial charge in [-0.2, -0.15) is 0 Å². The minimum atomic E-state index is -0.105. The fraction of sp³-hybridized carbons (Fsp3) is 0.533. The van der Waals surface area contributed by atoms with Gasteiger partial charge < -0.3 is 20.9 Å². The molecule has 0 spiro atoms. The zero-order valence-corrected chi connectivity index (χ0v) is 12.5. The Morgan fingerprint density at radius 2 is 2.15 bits per heavy atom. The van der Waals surface area contributed by atoms with E-state index in [1.165, 1.54) is 0 Å². The summed E-state index contributed by atoms with van der Waals surface area (Å²) in [6, 6.07) is 5.97. The van der Waals surface area contributed by atoms with Crippen LogP contribution in [0.4, 0.5) is 11.4 Å². The average Bonchev–Trinajstić information content (AvgIpc) is 2.58. The SMILES string of the molecule is CNC(=O)c1ccc(N2CCCN(C)CC2C)c(N)c1. The van der Waals surface area contributed by atoms with Gasteiger partial charge in [-0.05, 0) is 45.1 Å². The molecule has 1 aliphatic rings. The molecule has 110 valence electrons. The summed E-state index contributed by atoms with van der Waals surface area (Å²) in [4.78, 5) is 16.3. The number of anilines is 2. The monoisotopic (exact) mass is 276 g/mol. The Kier molecular flexibility index (Phi) is 4.49. The molecule has 0 bridgehead atoms. The zero-order chi connectivity index (χ0) is 14.7. The number of benzene rings is 1. The molecule has 3 N–H and O–H groups in total. The fourth-order valence-electron chi connectivity index (χ4n) is 2.83. The number of nitrogens with zero attached hydrogens (tertiary/aromatic N) is 2. The molecule has 2 rings (SSSR count). The van der Waals surface area contributed by atoms with E-state index in [-0.39, 0.29) is 5.91 Å². The summed E-state index contributed by atoms with van der Waals surface area (Å²) in [5.74, 6) is -0.105. The van der Waals surface area contributed by atoms with Crippen molar-refractivity contribution >= 4 is 17.3 Å². The molecule has 1 aromatic rings. The van der Waals surface area contributed by atoms with Gasteiger partial charge in [0.2, 0.25) is 0 Å². The average molecular weight is 276 g/mol. The van der Waals surface area contributed by atoms with Gasteiger partial charge in [0, 0.05) is 31.7 Å². The standard InChI is InChI=1S/C15H24N4O/c1-11-10-18(3)7-4-8-19(11)14-6-5-12(9-13(14)16)15(20)17-2/h5-6,9,11H,4,7-8,10,16H2,1-3H3,(H,17,20). The van der Waals surface area contributed by atoms with Crippen molar-refractivity contribution in [3.63, 3.8) is 0 Å². The summed E-state index contributed by atoms with van der Waals surface area (Å²) in [6.07, 6.45) is 1.12. The number of hydrogen-bond donors (Lipinski definition) is 2. The number of likely N-dealkylation sites (N-methyl/N-ethyl adjacent to an activating group) is 1. The Balaban J connectivity index is 2.25. The maximum atomic E-state index is 11.6. The molecule has 0 saturated carbocycles. The van der Waals surface area contributed by atoms with Crippen molar-refractivity contribution in [2.75, 3.05) is 44.4 Å². The molecular weight excluding hydrogens is 252 g/mol. The van der Waals surface area contributed by atoms with Crippen LogP contribution in [0, 0.1) is 0 Å². The summed E-state index contributed by atoms with van der Waals surface area (Å²) in [5, 5.41) is 2.62. The number of nitrogens with one attached hydrogen (secondary N) is 1. The molecule has 0 aliphatic carbocycles. The van der Waals surface area contributed by atoms with Crippen LogP contribution in [0.2, 0.25) is 0 Å². The largest absolute Gasteiger partial charge is 0.397 e. The molecule has 1 heterocycles. The van der Waals surface area contributed by atoms with E-state index in [0.29, 0.717) is 17.3 Å². The summed E-state index contributed by atoms with van der Waals surface area (Å²) in [6.45, 7) is 5.34.